The summed E-state index contributed by atoms with van der Waals surface area (Å²) < 4.78 is 13.2. The van der Waals surface area contributed by atoms with Crippen LogP contribution in [-0.2, 0) is 0 Å². The van der Waals surface area contributed by atoms with Crippen molar-refractivity contribution < 1.29 is 9.18 Å². The highest BCUT2D eigenvalue weighted by Crippen LogP contribution is 2.25. The molecule has 17 heavy (non-hydrogen) atoms. The van der Waals surface area contributed by atoms with Crippen molar-refractivity contribution in [2.45, 2.75) is 6.92 Å². The minimum atomic E-state index is -0.388. The van der Waals surface area contributed by atoms with Gasteiger partial charge in [0, 0.05) is 10.6 Å². The average molecular weight is 249 g/mol. The summed E-state index contributed by atoms with van der Waals surface area (Å²) >= 11 is 5.80. The number of Topliss-reactive ketones (excluding diaryl/α,β-unsaturated/α-hetero) is 1. The Morgan fingerprint density at radius 3 is 2.53 bits per heavy atom. The van der Waals surface area contributed by atoms with Crippen molar-refractivity contribution in [3.63, 3.8) is 0 Å². The first-order valence-corrected chi connectivity index (χ1v) is 5.51. The Bertz CT molecular complexity index is 558. The summed E-state index contributed by atoms with van der Waals surface area (Å²) in [4.78, 5) is 11.3. The third-order valence-electron chi connectivity index (χ3n) is 2.46. The molecule has 0 atom stereocenters. The van der Waals surface area contributed by atoms with Gasteiger partial charge in [-0.05, 0) is 42.3 Å². The minimum Gasteiger partial charge on any atom is -0.295 e. The molecule has 0 unspecified atom stereocenters. The van der Waals surface area contributed by atoms with Crippen LogP contribution in [0.4, 0.5) is 4.39 Å². The van der Waals surface area contributed by atoms with E-state index in [1.807, 2.05) is 6.07 Å². The Morgan fingerprint density at radius 2 is 1.88 bits per heavy atom. The van der Waals surface area contributed by atoms with E-state index < -0.39 is 0 Å². The fraction of sp³-hybridized carbons (Fsp3) is 0.0714. The van der Waals surface area contributed by atoms with Gasteiger partial charge in [0.15, 0.2) is 5.78 Å². The van der Waals surface area contributed by atoms with Gasteiger partial charge in [-0.25, -0.2) is 4.39 Å². The number of hydrogen-bond acceptors (Lipinski definition) is 1. The lowest BCUT2D eigenvalue weighted by molar-refractivity contribution is 0.101. The minimum absolute atomic E-state index is 0.0191. The molecule has 2 aromatic carbocycles. The smallest absolute Gasteiger partial charge is 0.159 e. The maximum atomic E-state index is 13.2. The second kappa shape index (κ2) is 4.68. The molecule has 0 fully saturated rings. The molecule has 0 heterocycles. The van der Waals surface area contributed by atoms with E-state index in [-0.39, 0.29) is 11.6 Å². The summed E-state index contributed by atoms with van der Waals surface area (Å²) in [6, 6.07) is 11.4. The lowest BCUT2D eigenvalue weighted by atomic mass is 10.0. The topological polar surface area (TPSA) is 17.1 Å². The third-order valence-corrected chi connectivity index (χ3v) is 2.68. The summed E-state index contributed by atoms with van der Waals surface area (Å²) in [7, 11) is 0. The Balaban J connectivity index is 2.52. The summed E-state index contributed by atoms with van der Waals surface area (Å²) in [5.74, 6) is -0.407. The molecule has 86 valence electrons. The van der Waals surface area contributed by atoms with Gasteiger partial charge < -0.3 is 0 Å². The largest absolute Gasteiger partial charge is 0.295 e. The SMILES string of the molecule is CC(=O)c1cccc(-c2cc(F)cc(Cl)c2)c1. The second-order valence-electron chi connectivity index (χ2n) is 3.80. The van der Waals surface area contributed by atoms with E-state index in [9.17, 15) is 9.18 Å². The van der Waals surface area contributed by atoms with Crippen molar-refractivity contribution >= 4 is 17.4 Å². The summed E-state index contributed by atoms with van der Waals surface area (Å²) in [5.41, 5.74) is 2.04. The zero-order chi connectivity index (χ0) is 12.4. The Kier molecular flexibility index (Phi) is 3.25. The molecule has 0 aliphatic heterocycles. The zero-order valence-corrected chi connectivity index (χ0v) is 9.96. The van der Waals surface area contributed by atoms with Gasteiger partial charge in [-0.2, -0.15) is 0 Å². The van der Waals surface area contributed by atoms with Crippen LogP contribution in [0.2, 0.25) is 5.02 Å². The molecule has 0 saturated carbocycles. The number of carbonyl (C=O) groups is 1. The maximum absolute atomic E-state index is 13.2. The standard InChI is InChI=1S/C14H10ClFO/c1-9(17)10-3-2-4-11(5-10)12-6-13(15)8-14(16)7-12/h2-8H,1H3. The average Bonchev–Trinajstić information content (AvgIpc) is 2.28. The molecular formula is C14H10ClFO. The lowest BCUT2D eigenvalue weighted by Crippen LogP contribution is -1.92. The molecule has 0 aliphatic carbocycles. The Morgan fingerprint density at radius 1 is 1.12 bits per heavy atom. The molecule has 1 nitrogen and oxygen atoms in total. The Hall–Kier alpha value is -1.67. The van der Waals surface area contributed by atoms with Gasteiger partial charge in [-0.3, -0.25) is 4.79 Å². The molecule has 3 heteroatoms. The van der Waals surface area contributed by atoms with Crippen LogP contribution in [0.5, 0.6) is 0 Å². The summed E-state index contributed by atoms with van der Waals surface area (Å²) in [6.45, 7) is 1.50. The van der Waals surface area contributed by atoms with E-state index in [2.05, 4.69) is 0 Å². The van der Waals surface area contributed by atoms with Crippen LogP contribution < -0.4 is 0 Å². The number of benzene rings is 2. The highest BCUT2D eigenvalue weighted by atomic mass is 35.5. The van der Waals surface area contributed by atoms with Gasteiger partial charge in [0.1, 0.15) is 5.82 Å². The fourth-order valence-corrected chi connectivity index (χ4v) is 1.86. The highest BCUT2D eigenvalue weighted by molar-refractivity contribution is 6.30. The number of halogens is 2. The number of carbonyl (C=O) groups excluding carboxylic acids is 1. The lowest BCUT2D eigenvalue weighted by Gasteiger charge is -2.04. The number of hydrogen-bond donors (Lipinski definition) is 0. The fourth-order valence-electron chi connectivity index (χ4n) is 1.64. The van der Waals surface area contributed by atoms with E-state index >= 15 is 0 Å². The van der Waals surface area contributed by atoms with Gasteiger partial charge in [0.25, 0.3) is 0 Å². The molecule has 0 saturated heterocycles. The van der Waals surface area contributed by atoms with Crippen molar-refractivity contribution in [1.29, 1.82) is 0 Å². The van der Waals surface area contributed by atoms with Crippen molar-refractivity contribution in [3.8, 4) is 11.1 Å². The van der Waals surface area contributed by atoms with Crippen molar-refractivity contribution in [2.75, 3.05) is 0 Å². The molecule has 0 amide bonds. The van der Waals surface area contributed by atoms with Crippen molar-refractivity contribution in [3.05, 3.63) is 58.9 Å². The second-order valence-corrected chi connectivity index (χ2v) is 4.23. The van der Waals surface area contributed by atoms with E-state index in [1.54, 1.807) is 24.3 Å². The quantitative estimate of drug-likeness (QED) is 0.722. The number of rotatable bonds is 2. The molecule has 0 spiro atoms. The Labute approximate surface area is 104 Å². The summed E-state index contributed by atoms with van der Waals surface area (Å²) in [6.07, 6.45) is 0. The zero-order valence-electron chi connectivity index (χ0n) is 9.21. The van der Waals surface area contributed by atoms with E-state index in [0.29, 0.717) is 16.1 Å². The van der Waals surface area contributed by atoms with Gasteiger partial charge in [-0.1, -0.05) is 29.8 Å². The van der Waals surface area contributed by atoms with E-state index in [0.717, 1.165) is 5.56 Å². The number of ketones is 1. The first-order valence-electron chi connectivity index (χ1n) is 5.14. The van der Waals surface area contributed by atoms with Crippen LogP contribution in [0.15, 0.2) is 42.5 Å². The van der Waals surface area contributed by atoms with E-state index in [4.69, 9.17) is 11.6 Å². The third kappa shape index (κ3) is 2.71. The first-order chi connectivity index (χ1) is 8.06. The maximum Gasteiger partial charge on any atom is 0.159 e. The molecule has 2 aromatic rings. The molecule has 0 aliphatic rings. The molecule has 0 aromatic heterocycles. The molecule has 0 radical (unpaired) electrons. The van der Waals surface area contributed by atoms with Gasteiger partial charge >= 0.3 is 0 Å². The summed E-state index contributed by atoms with van der Waals surface area (Å²) in [5, 5.41) is 0.341. The first kappa shape index (κ1) is 11.8. The predicted molar refractivity (Wildman–Crippen MR) is 66.9 cm³/mol. The van der Waals surface area contributed by atoms with Crippen LogP contribution in [0.25, 0.3) is 11.1 Å². The predicted octanol–water partition coefficient (Wildman–Crippen LogP) is 4.35. The van der Waals surface area contributed by atoms with Crippen molar-refractivity contribution in [1.82, 2.24) is 0 Å². The van der Waals surface area contributed by atoms with Crippen LogP contribution in [-0.4, -0.2) is 5.78 Å². The molecule has 0 N–H and O–H groups in total. The van der Waals surface area contributed by atoms with Gasteiger partial charge in [-0.15, -0.1) is 0 Å². The van der Waals surface area contributed by atoms with Gasteiger partial charge in [0.2, 0.25) is 0 Å². The highest BCUT2D eigenvalue weighted by Gasteiger charge is 2.05. The molecule has 0 bridgehead atoms. The van der Waals surface area contributed by atoms with E-state index in [1.165, 1.54) is 19.1 Å². The molecule has 2 rings (SSSR count). The molecular weight excluding hydrogens is 239 g/mol. The normalized spacial score (nSPS) is 10.3. The van der Waals surface area contributed by atoms with Crippen LogP contribution in [0, 0.1) is 5.82 Å². The van der Waals surface area contributed by atoms with Gasteiger partial charge in [0.05, 0.1) is 0 Å². The van der Waals surface area contributed by atoms with Crippen LogP contribution in [0.3, 0.4) is 0 Å². The monoisotopic (exact) mass is 248 g/mol. The van der Waals surface area contributed by atoms with Crippen LogP contribution in [0.1, 0.15) is 17.3 Å². The van der Waals surface area contributed by atoms with Crippen molar-refractivity contribution in [2.24, 2.45) is 0 Å². The van der Waals surface area contributed by atoms with Crippen LogP contribution >= 0.6 is 11.6 Å².